The first-order valence-corrected chi connectivity index (χ1v) is 8.82. The molecule has 0 aliphatic heterocycles. The molecule has 0 fully saturated rings. The van der Waals surface area contributed by atoms with Crippen molar-refractivity contribution in [3.05, 3.63) is 0 Å². The van der Waals surface area contributed by atoms with Crippen LogP contribution in [0.1, 0.15) is 41.5 Å². The van der Waals surface area contributed by atoms with Crippen molar-refractivity contribution in [2.45, 2.75) is 65.2 Å². The van der Waals surface area contributed by atoms with Crippen molar-refractivity contribution in [3.63, 3.8) is 0 Å². The molecule has 3 heteroatoms. The highest BCUT2D eigenvalue weighted by atomic mass is 28.4. The fraction of sp³-hybridized carbons (Fsp3) is 1.00. The maximum Gasteiger partial charge on any atom is 0.192 e. The average molecular weight is 231 g/mol. The van der Waals surface area contributed by atoms with Crippen molar-refractivity contribution in [2.24, 2.45) is 0 Å². The zero-order chi connectivity index (χ0) is 12.3. The summed E-state index contributed by atoms with van der Waals surface area (Å²) in [6.07, 6.45) is 0. The van der Waals surface area contributed by atoms with Crippen LogP contribution in [0.25, 0.3) is 0 Å². The van der Waals surface area contributed by atoms with Crippen molar-refractivity contribution < 1.29 is 4.43 Å². The fourth-order valence-corrected chi connectivity index (χ4v) is 2.26. The summed E-state index contributed by atoms with van der Waals surface area (Å²) in [5, 5.41) is 3.74. The minimum absolute atomic E-state index is 0.0876. The van der Waals surface area contributed by atoms with Crippen LogP contribution >= 0.6 is 0 Å². The van der Waals surface area contributed by atoms with E-state index in [4.69, 9.17) is 4.43 Å². The summed E-state index contributed by atoms with van der Waals surface area (Å²) >= 11 is 0. The predicted molar refractivity (Wildman–Crippen MR) is 70.9 cm³/mol. The van der Waals surface area contributed by atoms with Crippen molar-refractivity contribution in [2.75, 3.05) is 13.2 Å². The molecule has 0 aliphatic carbocycles. The quantitative estimate of drug-likeness (QED) is 0.732. The van der Waals surface area contributed by atoms with Gasteiger partial charge in [-0.3, -0.25) is 0 Å². The van der Waals surface area contributed by atoms with E-state index in [1.807, 2.05) is 0 Å². The first-order chi connectivity index (χ1) is 6.52. The molecule has 0 radical (unpaired) electrons. The second-order valence-electron chi connectivity index (χ2n) is 6.46. The zero-order valence-electron chi connectivity index (χ0n) is 11.8. The van der Waals surface area contributed by atoms with E-state index >= 15 is 0 Å². The monoisotopic (exact) mass is 231 g/mol. The van der Waals surface area contributed by atoms with E-state index in [9.17, 15) is 0 Å². The molecule has 0 rings (SSSR count). The average Bonchev–Trinajstić information content (AvgIpc) is 1.99. The predicted octanol–water partition coefficient (Wildman–Crippen LogP) is 3.40. The third-order valence-electron chi connectivity index (χ3n) is 3.26. The molecule has 92 valence electrons. The van der Waals surface area contributed by atoms with Gasteiger partial charge in [0.1, 0.15) is 0 Å². The molecule has 0 saturated heterocycles. The van der Waals surface area contributed by atoms with Gasteiger partial charge in [0.25, 0.3) is 0 Å². The van der Waals surface area contributed by atoms with E-state index in [1.165, 1.54) is 0 Å². The molecule has 0 unspecified atom stereocenters. The van der Waals surface area contributed by atoms with E-state index in [0.717, 1.165) is 13.2 Å². The molecular formula is C12H29NOSi. The summed E-state index contributed by atoms with van der Waals surface area (Å²) in [4.78, 5) is 0. The fourth-order valence-electron chi connectivity index (χ4n) is 1.11. The van der Waals surface area contributed by atoms with Crippen LogP contribution in [0.4, 0.5) is 0 Å². The molecule has 1 N–H and O–H groups in total. The second-order valence-corrected chi connectivity index (χ2v) is 11.3. The summed E-state index contributed by atoms with van der Waals surface area (Å²) in [5.41, 5.74) is 0.0876. The first-order valence-electron chi connectivity index (χ1n) is 5.91. The molecule has 0 aromatic rings. The van der Waals surface area contributed by atoms with E-state index < -0.39 is 8.32 Å². The van der Waals surface area contributed by atoms with E-state index in [1.54, 1.807) is 0 Å². The van der Waals surface area contributed by atoms with Gasteiger partial charge in [-0.2, -0.15) is 0 Å². The maximum atomic E-state index is 6.19. The van der Waals surface area contributed by atoms with Crippen LogP contribution in [0.5, 0.6) is 0 Å². The highest BCUT2D eigenvalue weighted by Crippen LogP contribution is 2.36. The Labute approximate surface area is 96.9 Å². The Kier molecular flexibility index (Phi) is 5.02. The van der Waals surface area contributed by atoms with E-state index in [0.29, 0.717) is 5.04 Å². The Bertz CT molecular complexity index is 194. The van der Waals surface area contributed by atoms with Crippen molar-refractivity contribution in [3.8, 4) is 0 Å². The number of nitrogens with one attached hydrogen (secondary N) is 1. The van der Waals surface area contributed by atoms with Crippen LogP contribution in [0, 0.1) is 0 Å². The van der Waals surface area contributed by atoms with Crippen LogP contribution in [0.3, 0.4) is 0 Å². The second kappa shape index (κ2) is 4.98. The Morgan fingerprint density at radius 3 is 1.87 bits per heavy atom. The molecule has 0 spiro atoms. The summed E-state index contributed by atoms with van der Waals surface area (Å²) in [6.45, 7) is 19.8. The molecule has 15 heavy (non-hydrogen) atoms. The molecule has 0 atom stereocenters. The Hall–Kier alpha value is 0.137. The molecule has 0 heterocycles. The lowest BCUT2D eigenvalue weighted by Crippen LogP contribution is -2.49. The molecule has 0 amide bonds. The van der Waals surface area contributed by atoms with Gasteiger partial charge in [-0.05, 0) is 38.5 Å². The maximum absolute atomic E-state index is 6.19. The lowest BCUT2D eigenvalue weighted by atomic mass is 10.1. The summed E-state index contributed by atoms with van der Waals surface area (Å²) in [5.74, 6) is 0. The lowest BCUT2D eigenvalue weighted by Gasteiger charge is -2.39. The molecule has 0 aromatic heterocycles. The third-order valence-corrected chi connectivity index (χ3v) is 7.73. The molecule has 0 aromatic carbocycles. The van der Waals surface area contributed by atoms with Crippen LogP contribution in [-0.2, 0) is 4.43 Å². The topological polar surface area (TPSA) is 21.3 Å². The number of hydrogen-bond donors (Lipinski definition) is 1. The van der Waals surface area contributed by atoms with E-state index in [-0.39, 0.29) is 5.54 Å². The van der Waals surface area contributed by atoms with Crippen LogP contribution in [0.2, 0.25) is 18.1 Å². The number of likely N-dealkylation sites (N-methyl/N-ethyl adjacent to an activating group) is 1. The van der Waals surface area contributed by atoms with Gasteiger partial charge < -0.3 is 9.74 Å². The van der Waals surface area contributed by atoms with Gasteiger partial charge in [0.05, 0.1) is 6.61 Å². The van der Waals surface area contributed by atoms with Gasteiger partial charge in [0.15, 0.2) is 8.32 Å². The lowest BCUT2D eigenvalue weighted by molar-refractivity contribution is 0.194. The number of rotatable bonds is 5. The molecule has 0 aliphatic rings. The zero-order valence-corrected chi connectivity index (χ0v) is 12.8. The minimum atomic E-state index is -1.58. The van der Waals surface area contributed by atoms with Gasteiger partial charge in [-0.15, -0.1) is 0 Å². The van der Waals surface area contributed by atoms with Crippen LogP contribution in [0.15, 0.2) is 0 Å². The van der Waals surface area contributed by atoms with Crippen molar-refractivity contribution >= 4 is 8.32 Å². The van der Waals surface area contributed by atoms with Gasteiger partial charge in [-0.1, -0.05) is 27.7 Å². The Morgan fingerprint density at radius 2 is 1.53 bits per heavy atom. The highest BCUT2D eigenvalue weighted by Gasteiger charge is 2.38. The van der Waals surface area contributed by atoms with Gasteiger partial charge >= 0.3 is 0 Å². The molecule has 2 nitrogen and oxygen atoms in total. The SMILES string of the molecule is CCNC(C)(C)CO[Si](C)(C)C(C)(C)C. The van der Waals surface area contributed by atoms with Crippen LogP contribution < -0.4 is 5.32 Å². The minimum Gasteiger partial charge on any atom is -0.415 e. The standard InChI is InChI=1S/C12H29NOSi/c1-9-13-12(5,6)10-14-15(7,8)11(2,3)4/h13H,9-10H2,1-8H3. The molecular weight excluding hydrogens is 202 g/mol. The largest absolute Gasteiger partial charge is 0.415 e. The molecule has 0 saturated carbocycles. The first kappa shape index (κ1) is 15.1. The van der Waals surface area contributed by atoms with Crippen molar-refractivity contribution in [1.29, 1.82) is 0 Å². The number of hydrogen-bond acceptors (Lipinski definition) is 2. The highest BCUT2D eigenvalue weighted by molar-refractivity contribution is 6.74. The van der Waals surface area contributed by atoms with Crippen LogP contribution in [-0.4, -0.2) is 27.0 Å². The summed E-state index contributed by atoms with van der Waals surface area (Å²) < 4.78 is 6.19. The van der Waals surface area contributed by atoms with Crippen molar-refractivity contribution in [1.82, 2.24) is 5.32 Å². The smallest absolute Gasteiger partial charge is 0.192 e. The Balaban J connectivity index is 4.26. The molecule has 0 bridgehead atoms. The Morgan fingerprint density at radius 1 is 1.07 bits per heavy atom. The van der Waals surface area contributed by atoms with Gasteiger partial charge in [0.2, 0.25) is 0 Å². The summed E-state index contributed by atoms with van der Waals surface area (Å²) in [7, 11) is -1.58. The van der Waals surface area contributed by atoms with Gasteiger partial charge in [-0.25, -0.2) is 0 Å². The van der Waals surface area contributed by atoms with E-state index in [2.05, 4.69) is 60.0 Å². The normalized spacial score (nSPS) is 14.4. The summed E-state index contributed by atoms with van der Waals surface area (Å²) in [6, 6.07) is 0. The third kappa shape index (κ3) is 5.14. The van der Waals surface area contributed by atoms with Gasteiger partial charge in [0, 0.05) is 5.54 Å².